The molecule has 0 bridgehead atoms. The van der Waals surface area contributed by atoms with Crippen LogP contribution in [0.4, 0.5) is 0 Å². The van der Waals surface area contributed by atoms with Gasteiger partial charge >= 0.3 is 39.5 Å². The summed E-state index contributed by atoms with van der Waals surface area (Å²) in [6.45, 7) is 9.26. The molecule has 0 saturated carbocycles. The number of aliphatic hydroxyl groups excluding tert-OH is 1. The Balaban J connectivity index is 5.22. The molecule has 2 unspecified atom stereocenters. The standard InChI is InChI=1S/C57H110O17P2/c1-7-9-11-13-15-16-22-29-35-41-56(61)73-52(45-67-54(59)39-33-27-19-14-12-10-8-2)47-71-75(63,64)69-43-51(58)44-70-76(65,66)72-48-53(74-57(62)42-36-30-24-18-21-26-32-38-50(5)6)46-68-55(60)40-34-28-23-17-20-25-31-37-49(3)4/h49-53,58H,7-48H2,1-6H3,(H,63,64)(H,65,66)/t51-,52+,53+/m0/s1. The van der Waals surface area contributed by atoms with Crippen molar-refractivity contribution in [1.29, 1.82) is 0 Å². The van der Waals surface area contributed by atoms with E-state index in [2.05, 4.69) is 41.5 Å². The van der Waals surface area contributed by atoms with E-state index in [0.717, 1.165) is 109 Å². The highest BCUT2D eigenvalue weighted by Gasteiger charge is 2.30. The Bertz CT molecular complexity index is 1510. The molecule has 0 rings (SSSR count). The summed E-state index contributed by atoms with van der Waals surface area (Å²) in [5.74, 6) is -0.751. The van der Waals surface area contributed by atoms with Crippen LogP contribution in [0.2, 0.25) is 0 Å². The molecule has 0 radical (unpaired) electrons. The predicted octanol–water partition coefficient (Wildman–Crippen LogP) is 14.9. The number of ether oxygens (including phenoxy) is 4. The van der Waals surface area contributed by atoms with Crippen LogP contribution < -0.4 is 0 Å². The molecule has 0 aromatic heterocycles. The van der Waals surface area contributed by atoms with Crippen LogP contribution in [-0.4, -0.2) is 96.7 Å². The van der Waals surface area contributed by atoms with Crippen LogP contribution in [0.25, 0.3) is 0 Å². The molecule has 0 fully saturated rings. The second-order valence-corrected chi connectivity index (χ2v) is 24.5. The third-order valence-corrected chi connectivity index (χ3v) is 14.9. The third-order valence-electron chi connectivity index (χ3n) is 13.0. The quantitative estimate of drug-likeness (QED) is 0.0222. The van der Waals surface area contributed by atoms with Gasteiger partial charge in [-0.3, -0.25) is 37.3 Å². The Kier molecular flexibility index (Phi) is 48.8. The fraction of sp³-hybridized carbons (Fsp3) is 0.930. The van der Waals surface area contributed by atoms with Gasteiger partial charge in [0.15, 0.2) is 12.2 Å². The highest BCUT2D eigenvalue weighted by Crippen LogP contribution is 2.45. The van der Waals surface area contributed by atoms with Crippen molar-refractivity contribution in [3.63, 3.8) is 0 Å². The minimum absolute atomic E-state index is 0.102. The monoisotopic (exact) mass is 1130 g/mol. The summed E-state index contributed by atoms with van der Waals surface area (Å²) in [6.07, 6.45) is 29.6. The summed E-state index contributed by atoms with van der Waals surface area (Å²) >= 11 is 0. The lowest BCUT2D eigenvalue weighted by Crippen LogP contribution is -2.30. The summed E-state index contributed by atoms with van der Waals surface area (Å²) in [4.78, 5) is 71.7. The normalized spacial score (nSPS) is 14.5. The van der Waals surface area contributed by atoms with E-state index >= 15 is 0 Å². The van der Waals surface area contributed by atoms with Gasteiger partial charge in [-0.15, -0.1) is 0 Å². The zero-order chi connectivity index (χ0) is 56.6. The third kappa shape index (κ3) is 51.5. The zero-order valence-electron chi connectivity index (χ0n) is 48.5. The number of hydrogen-bond acceptors (Lipinski definition) is 15. The Hall–Kier alpha value is -1.94. The molecule has 0 aliphatic rings. The van der Waals surface area contributed by atoms with E-state index in [1.54, 1.807) is 0 Å². The molecule has 0 aromatic rings. The van der Waals surface area contributed by atoms with E-state index < -0.39 is 97.5 Å². The van der Waals surface area contributed by atoms with Gasteiger partial charge in [-0.25, -0.2) is 9.13 Å². The van der Waals surface area contributed by atoms with Gasteiger partial charge < -0.3 is 33.8 Å². The second-order valence-electron chi connectivity index (χ2n) is 21.6. The number of esters is 4. The van der Waals surface area contributed by atoms with Crippen molar-refractivity contribution in [1.82, 2.24) is 0 Å². The summed E-state index contributed by atoms with van der Waals surface area (Å²) in [7, 11) is -9.87. The van der Waals surface area contributed by atoms with E-state index in [4.69, 9.17) is 37.0 Å². The number of carbonyl (C=O) groups excluding carboxylic acids is 4. The van der Waals surface area contributed by atoms with Crippen LogP contribution in [0.15, 0.2) is 0 Å². The molecule has 0 saturated heterocycles. The molecule has 0 aromatic carbocycles. The number of aliphatic hydroxyl groups is 1. The maximum atomic E-state index is 12.9. The molecule has 0 spiro atoms. The van der Waals surface area contributed by atoms with E-state index in [-0.39, 0.29) is 25.7 Å². The van der Waals surface area contributed by atoms with Crippen molar-refractivity contribution in [2.24, 2.45) is 11.8 Å². The molecule has 450 valence electrons. The van der Waals surface area contributed by atoms with Crippen molar-refractivity contribution < 1.29 is 80.2 Å². The van der Waals surface area contributed by atoms with Crippen LogP contribution in [0.5, 0.6) is 0 Å². The number of unbranched alkanes of at least 4 members (excludes halogenated alkanes) is 26. The summed E-state index contributed by atoms with van der Waals surface area (Å²) in [6, 6.07) is 0. The first kappa shape index (κ1) is 74.1. The molecule has 0 aliphatic carbocycles. The summed E-state index contributed by atoms with van der Waals surface area (Å²) < 4.78 is 67.5. The van der Waals surface area contributed by atoms with E-state index in [1.807, 2.05) is 0 Å². The Labute approximate surface area is 460 Å². The van der Waals surface area contributed by atoms with E-state index in [9.17, 15) is 43.2 Å². The molecule has 3 N–H and O–H groups in total. The summed E-state index contributed by atoms with van der Waals surface area (Å²) in [5.41, 5.74) is 0. The molecule has 76 heavy (non-hydrogen) atoms. The van der Waals surface area contributed by atoms with Gasteiger partial charge in [0, 0.05) is 25.7 Å². The van der Waals surface area contributed by atoms with Gasteiger partial charge in [0.1, 0.15) is 19.3 Å². The first-order chi connectivity index (χ1) is 36.4. The van der Waals surface area contributed by atoms with Crippen molar-refractivity contribution >= 4 is 39.5 Å². The highest BCUT2D eigenvalue weighted by molar-refractivity contribution is 7.47. The maximum Gasteiger partial charge on any atom is 0.472 e. The van der Waals surface area contributed by atoms with Crippen LogP contribution in [-0.2, 0) is 65.4 Å². The first-order valence-corrected chi connectivity index (χ1v) is 33.0. The first-order valence-electron chi connectivity index (χ1n) is 30.0. The van der Waals surface area contributed by atoms with E-state index in [0.29, 0.717) is 37.5 Å². The number of phosphoric ester groups is 2. The largest absolute Gasteiger partial charge is 0.472 e. The lowest BCUT2D eigenvalue weighted by Gasteiger charge is -2.21. The smallest absolute Gasteiger partial charge is 0.462 e. The highest BCUT2D eigenvalue weighted by atomic mass is 31.2. The van der Waals surface area contributed by atoms with Crippen molar-refractivity contribution in [2.45, 2.75) is 291 Å². The molecule has 17 nitrogen and oxygen atoms in total. The van der Waals surface area contributed by atoms with Crippen molar-refractivity contribution in [3.05, 3.63) is 0 Å². The topological polar surface area (TPSA) is 237 Å². The zero-order valence-corrected chi connectivity index (χ0v) is 50.3. The minimum atomic E-state index is -4.93. The van der Waals surface area contributed by atoms with Gasteiger partial charge in [-0.05, 0) is 37.5 Å². The van der Waals surface area contributed by atoms with Crippen molar-refractivity contribution in [2.75, 3.05) is 39.6 Å². The van der Waals surface area contributed by atoms with Gasteiger partial charge in [-0.2, -0.15) is 0 Å². The SMILES string of the molecule is CCCCCCCCCCCC(=O)O[C@H](COC(=O)CCCCCCCCC)COP(=O)(O)OC[C@H](O)COP(=O)(O)OC[C@@H](COC(=O)CCCCCCCCCC(C)C)OC(=O)CCCCCCCCCC(C)C. The molecule has 0 amide bonds. The number of carbonyl (C=O) groups is 4. The lowest BCUT2D eigenvalue weighted by atomic mass is 10.0. The van der Waals surface area contributed by atoms with Crippen LogP contribution in [0.3, 0.4) is 0 Å². The Morgan fingerprint density at radius 2 is 0.605 bits per heavy atom. The van der Waals surface area contributed by atoms with Crippen LogP contribution in [0.1, 0.15) is 273 Å². The van der Waals surface area contributed by atoms with Crippen LogP contribution in [0, 0.1) is 11.8 Å². The molecule has 0 aliphatic heterocycles. The molecular weight excluding hydrogens is 1020 g/mol. The molecule has 0 heterocycles. The van der Waals surface area contributed by atoms with Gasteiger partial charge in [0.2, 0.25) is 0 Å². The fourth-order valence-electron chi connectivity index (χ4n) is 8.29. The van der Waals surface area contributed by atoms with Gasteiger partial charge in [0.25, 0.3) is 0 Å². The predicted molar refractivity (Wildman–Crippen MR) is 298 cm³/mol. The van der Waals surface area contributed by atoms with E-state index in [1.165, 1.54) is 70.6 Å². The molecule has 5 atom stereocenters. The second kappa shape index (κ2) is 50.1. The minimum Gasteiger partial charge on any atom is -0.462 e. The van der Waals surface area contributed by atoms with Crippen molar-refractivity contribution in [3.8, 4) is 0 Å². The maximum absolute atomic E-state index is 12.9. The number of phosphoric acid groups is 2. The lowest BCUT2D eigenvalue weighted by molar-refractivity contribution is -0.161. The average molecular weight is 1130 g/mol. The van der Waals surface area contributed by atoms with Gasteiger partial charge in [0.05, 0.1) is 26.4 Å². The summed E-state index contributed by atoms with van der Waals surface area (Å²) in [5, 5.41) is 10.5. The molecular formula is C57H110O17P2. The van der Waals surface area contributed by atoms with Gasteiger partial charge in [-0.1, -0.05) is 221 Å². The van der Waals surface area contributed by atoms with Crippen LogP contribution >= 0.6 is 15.6 Å². The fourth-order valence-corrected chi connectivity index (χ4v) is 9.87. The number of rotatable bonds is 56. The average Bonchev–Trinajstić information content (AvgIpc) is 3.37. The number of hydrogen-bond donors (Lipinski definition) is 3. The molecule has 19 heteroatoms. The Morgan fingerprint density at radius 1 is 0.355 bits per heavy atom. The Morgan fingerprint density at radius 3 is 0.895 bits per heavy atom.